The molecule has 30 heavy (non-hydrogen) atoms. The Morgan fingerprint density at radius 2 is 1.70 bits per heavy atom. The summed E-state index contributed by atoms with van der Waals surface area (Å²) in [6.45, 7) is 0. The minimum absolute atomic E-state index is 0.0604. The SMILES string of the molecule is O=C(C=Cc1ccc(F)c(F)c1)c1c(-c2ccccc2)c2cc(Cl)ccc2[nH]c1=O. The summed E-state index contributed by atoms with van der Waals surface area (Å²) in [4.78, 5) is 28.5. The van der Waals surface area contributed by atoms with Crippen molar-refractivity contribution < 1.29 is 13.6 Å². The summed E-state index contributed by atoms with van der Waals surface area (Å²) in [7, 11) is 0. The largest absolute Gasteiger partial charge is 0.321 e. The Labute approximate surface area is 175 Å². The maximum Gasteiger partial charge on any atom is 0.260 e. The Morgan fingerprint density at radius 1 is 0.933 bits per heavy atom. The van der Waals surface area contributed by atoms with Gasteiger partial charge in [-0.1, -0.05) is 54.1 Å². The zero-order valence-electron chi connectivity index (χ0n) is 15.5. The van der Waals surface area contributed by atoms with E-state index in [4.69, 9.17) is 11.6 Å². The van der Waals surface area contributed by atoms with E-state index in [0.717, 1.165) is 12.1 Å². The summed E-state index contributed by atoms with van der Waals surface area (Å²) in [5.74, 6) is -2.57. The normalized spacial score (nSPS) is 11.3. The molecule has 0 saturated heterocycles. The molecule has 1 heterocycles. The first kappa shape index (κ1) is 19.7. The van der Waals surface area contributed by atoms with Gasteiger partial charge in [-0.2, -0.15) is 0 Å². The van der Waals surface area contributed by atoms with Crippen molar-refractivity contribution in [3.05, 3.63) is 111 Å². The molecule has 0 amide bonds. The van der Waals surface area contributed by atoms with Crippen LogP contribution in [0.1, 0.15) is 15.9 Å². The lowest BCUT2D eigenvalue weighted by atomic mass is 9.94. The van der Waals surface area contributed by atoms with Gasteiger partial charge in [0.2, 0.25) is 0 Å². The van der Waals surface area contributed by atoms with Gasteiger partial charge in [-0.05, 0) is 47.5 Å². The first-order valence-corrected chi connectivity index (χ1v) is 9.40. The highest BCUT2D eigenvalue weighted by atomic mass is 35.5. The maximum absolute atomic E-state index is 13.4. The van der Waals surface area contributed by atoms with Crippen molar-refractivity contribution in [1.29, 1.82) is 0 Å². The van der Waals surface area contributed by atoms with Crippen LogP contribution in [0.2, 0.25) is 5.02 Å². The predicted octanol–water partition coefficient (Wildman–Crippen LogP) is 6.02. The van der Waals surface area contributed by atoms with E-state index in [-0.39, 0.29) is 5.56 Å². The van der Waals surface area contributed by atoms with E-state index < -0.39 is 23.0 Å². The Balaban J connectivity index is 1.90. The van der Waals surface area contributed by atoms with Crippen molar-refractivity contribution in [3.63, 3.8) is 0 Å². The number of benzene rings is 3. The Kier molecular flexibility index (Phi) is 5.29. The maximum atomic E-state index is 13.4. The van der Waals surface area contributed by atoms with Crippen LogP contribution in [-0.2, 0) is 0 Å². The molecular weight excluding hydrogens is 408 g/mol. The number of allylic oxidation sites excluding steroid dienone is 1. The van der Waals surface area contributed by atoms with Crippen LogP contribution in [0.5, 0.6) is 0 Å². The van der Waals surface area contributed by atoms with E-state index in [1.54, 1.807) is 42.5 Å². The molecule has 0 aliphatic carbocycles. The molecule has 0 bridgehead atoms. The molecule has 3 nitrogen and oxygen atoms in total. The van der Waals surface area contributed by atoms with Gasteiger partial charge < -0.3 is 4.98 Å². The average molecular weight is 422 g/mol. The van der Waals surface area contributed by atoms with Crippen molar-refractivity contribution in [2.75, 3.05) is 0 Å². The third-order valence-corrected chi connectivity index (χ3v) is 4.89. The van der Waals surface area contributed by atoms with Gasteiger partial charge in [0.05, 0.1) is 5.56 Å². The molecule has 148 valence electrons. The van der Waals surface area contributed by atoms with Crippen LogP contribution in [0.25, 0.3) is 28.1 Å². The van der Waals surface area contributed by atoms with Crippen molar-refractivity contribution in [2.45, 2.75) is 0 Å². The fraction of sp³-hybridized carbons (Fsp3) is 0. The van der Waals surface area contributed by atoms with E-state index in [1.165, 1.54) is 18.2 Å². The van der Waals surface area contributed by atoms with E-state index in [0.29, 0.717) is 32.6 Å². The number of nitrogens with one attached hydrogen (secondary N) is 1. The number of aromatic amines is 1. The number of H-pyrrole nitrogens is 1. The van der Waals surface area contributed by atoms with Gasteiger partial charge >= 0.3 is 0 Å². The number of carbonyl (C=O) groups excluding carboxylic acids is 1. The number of rotatable bonds is 4. The van der Waals surface area contributed by atoms with E-state index in [2.05, 4.69) is 4.98 Å². The smallest absolute Gasteiger partial charge is 0.260 e. The second-order valence-electron chi connectivity index (χ2n) is 6.63. The molecular formula is C24H14ClF2NO2. The fourth-order valence-electron chi connectivity index (χ4n) is 3.28. The van der Waals surface area contributed by atoms with Crippen LogP contribution < -0.4 is 5.56 Å². The third-order valence-electron chi connectivity index (χ3n) is 4.66. The van der Waals surface area contributed by atoms with Gasteiger partial charge in [-0.25, -0.2) is 8.78 Å². The molecule has 0 aliphatic rings. The molecule has 4 rings (SSSR count). The molecule has 0 spiro atoms. The van der Waals surface area contributed by atoms with Gasteiger partial charge in [0, 0.05) is 21.5 Å². The van der Waals surface area contributed by atoms with Gasteiger partial charge in [0.1, 0.15) is 0 Å². The Morgan fingerprint density at radius 3 is 2.43 bits per heavy atom. The van der Waals surface area contributed by atoms with Gasteiger partial charge in [0.25, 0.3) is 5.56 Å². The number of aromatic nitrogens is 1. The molecule has 0 atom stereocenters. The highest BCUT2D eigenvalue weighted by Gasteiger charge is 2.19. The summed E-state index contributed by atoms with van der Waals surface area (Å²) in [5, 5.41) is 1.08. The quantitative estimate of drug-likeness (QED) is 0.323. The molecule has 3 aromatic carbocycles. The lowest BCUT2D eigenvalue weighted by Gasteiger charge is -2.11. The summed E-state index contributed by atoms with van der Waals surface area (Å²) in [5.41, 5.74) is 1.36. The molecule has 1 N–H and O–H groups in total. The lowest BCUT2D eigenvalue weighted by molar-refractivity contribution is 0.104. The highest BCUT2D eigenvalue weighted by Crippen LogP contribution is 2.31. The molecule has 6 heteroatoms. The van der Waals surface area contributed by atoms with Gasteiger partial charge in [0.15, 0.2) is 17.4 Å². The summed E-state index contributed by atoms with van der Waals surface area (Å²) < 4.78 is 26.5. The second-order valence-corrected chi connectivity index (χ2v) is 7.07. The average Bonchev–Trinajstić information content (AvgIpc) is 2.74. The predicted molar refractivity (Wildman–Crippen MR) is 115 cm³/mol. The van der Waals surface area contributed by atoms with Crippen molar-refractivity contribution in [2.24, 2.45) is 0 Å². The second kappa shape index (κ2) is 8.05. The summed E-state index contributed by atoms with van der Waals surface area (Å²) in [6.07, 6.45) is 2.50. The zero-order valence-corrected chi connectivity index (χ0v) is 16.2. The van der Waals surface area contributed by atoms with Crippen LogP contribution >= 0.6 is 11.6 Å². The molecule has 0 unspecified atom stereocenters. The number of ketones is 1. The number of carbonyl (C=O) groups is 1. The van der Waals surface area contributed by atoms with Crippen LogP contribution in [0.15, 0.2) is 77.6 Å². The molecule has 0 radical (unpaired) electrons. The minimum Gasteiger partial charge on any atom is -0.321 e. The standard InChI is InChI=1S/C24H14ClF2NO2/c25-16-8-10-20-17(13-16)22(15-4-2-1-3-5-15)23(24(30)28-20)21(29)11-7-14-6-9-18(26)19(27)12-14/h1-13H,(H,28,30). The molecule has 4 aromatic rings. The molecule has 1 aromatic heterocycles. The molecule has 0 fully saturated rings. The lowest BCUT2D eigenvalue weighted by Crippen LogP contribution is -2.18. The van der Waals surface area contributed by atoms with E-state index >= 15 is 0 Å². The topological polar surface area (TPSA) is 49.9 Å². The van der Waals surface area contributed by atoms with Crippen molar-refractivity contribution in [3.8, 4) is 11.1 Å². The van der Waals surface area contributed by atoms with Crippen LogP contribution in [0.4, 0.5) is 8.78 Å². The Hall–Kier alpha value is -3.57. The third kappa shape index (κ3) is 3.80. The van der Waals surface area contributed by atoms with Crippen molar-refractivity contribution >= 4 is 34.4 Å². The van der Waals surface area contributed by atoms with Gasteiger partial charge in [-0.15, -0.1) is 0 Å². The first-order valence-electron chi connectivity index (χ1n) is 9.02. The first-order chi connectivity index (χ1) is 14.4. The minimum atomic E-state index is -1.02. The van der Waals surface area contributed by atoms with Crippen LogP contribution in [0, 0.1) is 11.6 Å². The summed E-state index contributed by atoms with van der Waals surface area (Å²) >= 11 is 6.16. The molecule has 0 aliphatic heterocycles. The van der Waals surface area contributed by atoms with E-state index in [1.807, 2.05) is 6.07 Å². The highest BCUT2D eigenvalue weighted by molar-refractivity contribution is 6.31. The Bertz CT molecular complexity index is 1360. The number of fused-ring (bicyclic) bond motifs is 1. The van der Waals surface area contributed by atoms with E-state index in [9.17, 15) is 18.4 Å². The monoisotopic (exact) mass is 421 g/mol. The van der Waals surface area contributed by atoms with Gasteiger partial charge in [-0.3, -0.25) is 9.59 Å². The zero-order chi connectivity index (χ0) is 21.3. The number of hydrogen-bond donors (Lipinski definition) is 1. The number of halogens is 3. The molecule has 0 saturated carbocycles. The number of pyridine rings is 1. The fourth-order valence-corrected chi connectivity index (χ4v) is 3.45. The number of hydrogen-bond acceptors (Lipinski definition) is 2. The van der Waals surface area contributed by atoms with Crippen LogP contribution in [-0.4, -0.2) is 10.8 Å². The summed E-state index contributed by atoms with van der Waals surface area (Å²) in [6, 6.07) is 17.3. The van der Waals surface area contributed by atoms with Crippen LogP contribution in [0.3, 0.4) is 0 Å². The van der Waals surface area contributed by atoms with Crippen molar-refractivity contribution in [1.82, 2.24) is 4.98 Å².